The van der Waals surface area contributed by atoms with Gasteiger partial charge in [0.05, 0.1) is 31.2 Å². The second kappa shape index (κ2) is 9.46. The molecule has 0 bridgehead atoms. The van der Waals surface area contributed by atoms with Crippen LogP contribution < -0.4 is 10.2 Å². The zero-order valence-electron chi connectivity index (χ0n) is 18.6. The van der Waals surface area contributed by atoms with E-state index in [9.17, 15) is 14.3 Å². The Balaban J connectivity index is 1.38. The Labute approximate surface area is 194 Å². The van der Waals surface area contributed by atoms with Crippen molar-refractivity contribution >= 4 is 23.1 Å². The van der Waals surface area contributed by atoms with E-state index in [4.69, 9.17) is 9.47 Å². The van der Waals surface area contributed by atoms with Crippen molar-refractivity contribution in [2.45, 2.75) is 45.4 Å². The van der Waals surface area contributed by atoms with Crippen molar-refractivity contribution in [3.8, 4) is 10.6 Å². The van der Waals surface area contributed by atoms with Crippen LogP contribution in [0.2, 0.25) is 0 Å². The topological polar surface area (TPSA) is 102 Å². The van der Waals surface area contributed by atoms with Gasteiger partial charge in [-0.1, -0.05) is 0 Å². The number of hydrogen-bond donors (Lipinski definition) is 2. The maximum Gasteiger partial charge on any atom is 0.407 e. The molecule has 2 atom stereocenters. The average Bonchev–Trinajstić information content (AvgIpc) is 3.47. The van der Waals surface area contributed by atoms with E-state index in [1.54, 1.807) is 45.4 Å². The highest BCUT2D eigenvalue weighted by atomic mass is 32.1. The van der Waals surface area contributed by atoms with E-state index in [1.807, 2.05) is 16.1 Å². The molecule has 2 N–H and O–H groups in total. The number of ether oxygens (including phenoxy) is 2. The fourth-order valence-electron chi connectivity index (χ4n) is 3.38. The zero-order valence-corrected chi connectivity index (χ0v) is 19.4. The highest BCUT2D eigenvalue weighted by Gasteiger charge is 2.32. The molecule has 1 aliphatic heterocycles. The van der Waals surface area contributed by atoms with E-state index in [-0.39, 0.29) is 13.1 Å². The summed E-state index contributed by atoms with van der Waals surface area (Å²) in [5.41, 5.74) is 1.07. The third kappa shape index (κ3) is 5.86. The first-order valence-corrected chi connectivity index (χ1v) is 11.3. The van der Waals surface area contributed by atoms with Crippen LogP contribution in [0.1, 0.15) is 26.5 Å². The summed E-state index contributed by atoms with van der Waals surface area (Å²) in [5.74, 6) is -0.446. The van der Waals surface area contributed by atoms with Crippen molar-refractivity contribution < 1.29 is 23.8 Å². The number of anilines is 1. The maximum atomic E-state index is 14.9. The number of aliphatic hydroxyl groups excluding tert-OH is 1. The van der Waals surface area contributed by atoms with Gasteiger partial charge in [-0.3, -0.25) is 0 Å². The number of hydrogen-bond acceptors (Lipinski definition) is 8. The summed E-state index contributed by atoms with van der Waals surface area (Å²) in [7, 11) is 0. The Morgan fingerprint density at radius 2 is 2.24 bits per heavy atom. The van der Waals surface area contributed by atoms with Crippen molar-refractivity contribution in [2.24, 2.45) is 0 Å². The highest BCUT2D eigenvalue weighted by Crippen LogP contribution is 2.31. The SMILES string of the molecule is CC(C)(C)OC(=O)NC[C@H]1CN(c2ccc(-c3nc(Cn4ccnc4)cs3)c(F)c2)C(O)O1. The quantitative estimate of drug-likeness (QED) is 0.565. The van der Waals surface area contributed by atoms with E-state index in [2.05, 4.69) is 15.3 Å². The van der Waals surface area contributed by atoms with Crippen molar-refractivity contribution in [3.05, 3.63) is 53.8 Å². The lowest BCUT2D eigenvalue weighted by Crippen LogP contribution is -2.38. The lowest BCUT2D eigenvalue weighted by Gasteiger charge is -2.21. The number of rotatable bonds is 6. The molecule has 4 rings (SSSR count). The number of imidazole rings is 1. The van der Waals surface area contributed by atoms with Gasteiger partial charge < -0.3 is 29.4 Å². The molecule has 1 aliphatic rings. The number of amides is 1. The fourth-order valence-corrected chi connectivity index (χ4v) is 4.22. The van der Waals surface area contributed by atoms with Crippen molar-refractivity contribution in [1.82, 2.24) is 19.9 Å². The summed E-state index contributed by atoms with van der Waals surface area (Å²) < 4.78 is 27.5. The van der Waals surface area contributed by atoms with E-state index >= 15 is 0 Å². The minimum atomic E-state index is -1.25. The molecule has 3 heterocycles. The molecular formula is C22H26FN5O4S. The van der Waals surface area contributed by atoms with Crippen LogP contribution in [0.5, 0.6) is 0 Å². The zero-order chi connectivity index (χ0) is 23.6. The van der Waals surface area contributed by atoms with Gasteiger partial charge in [0.2, 0.25) is 6.41 Å². The minimum Gasteiger partial charge on any atom is -0.444 e. The van der Waals surface area contributed by atoms with Gasteiger partial charge in [-0.15, -0.1) is 11.3 Å². The number of nitrogens with zero attached hydrogens (tertiary/aromatic N) is 4. The van der Waals surface area contributed by atoms with E-state index < -0.39 is 30.0 Å². The lowest BCUT2D eigenvalue weighted by atomic mass is 10.2. The van der Waals surface area contributed by atoms with Gasteiger partial charge in [0.15, 0.2) is 0 Å². The van der Waals surface area contributed by atoms with Crippen LogP contribution in [0.3, 0.4) is 0 Å². The molecule has 0 radical (unpaired) electrons. The summed E-state index contributed by atoms with van der Waals surface area (Å²) in [6.45, 7) is 6.31. The predicted octanol–water partition coefficient (Wildman–Crippen LogP) is 3.20. The van der Waals surface area contributed by atoms with Crippen LogP contribution in [-0.4, -0.2) is 56.9 Å². The van der Waals surface area contributed by atoms with Crippen LogP contribution in [0, 0.1) is 5.82 Å². The van der Waals surface area contributed by atoms with Gasteiger partial charge in [-0.2, -0.15) is 0 Å². The van der Waals surface area contributed by atoms with Gasteiger partial charge in [-0.05, 0) is 39.0 Å². The lowest BCUT2D eigenvalue weighted by molar-refractivity contribution is -0.0874. The van der Waals surface area contributed by atoms with Gasteiger partial charge in [0.25, 0.3) is 0 Å². The molecule has 1 aromatic carbocycles. The van der Waals surface area contributed by atoms with E-state index in [0.29, 0.717) is 22.8 Å². The molecule has 1 saturated heterocycles. The molecule has 9 nitrogen and oxygen atoms in total. The number of thiazole rings is 1. The summed E-state index contributed by atoms with van der Waals surface area (Å²) in [5, 5.41) is 15.4. The summed E-state index contributed by atoms with van der Waals surface area (Å²) in [4.78, 5) is 21.9. The summed E-state index contributed by atoms with van der Waals surface area (Å²) in [6.07, 6.45) is 2.95. The molecule has 0 aliphatic carbocycles. The van der Waals surface area contributed by atoms with Crippen LogP contribution in [0.4, 0.5) is 14.9 Å². The first-order valence-electron chi connectivity index (χ1n) is 10.4. The van der Waals surface area contributed by atoms with Crippen LogP contribution >= 0.6 is 11.3 Å². The molecule has 3 aromatic rings. The molecule has 2 aromatic heterocycles. The molecule has 1 amide bonds. The third-order valence-electron chi connectivity index (χ3n) is 4.82. The second-order valence-electron chi connectivity index (χ2n) is 8.66. The normalized spacial score (nSPS) is 18.5. The second-order valence-corrected chi connectivity index (χ2v) is 9.52. The number of aliphatic hydroxyl groups is 1. The number of halogens is 1. The number of benzene rings is 1. The first-order chi connectivity index (χ1) is 15.7. The van der Waals surface area contributed by atoms with E-state index in [1.165, 1.54) is 22.3 Å². The number of nitrogens with one attached hydrogen (secondary N) is 1. The van der Waals surface area contributed by atoms with Crippen LogP contribution in [0.25, 0.3) is 10.6 Å². The predicted molar refractivity (Wildman–Crippen MR) is 121 cm³/mol. The van der Waals surface area contributed by atoms with Gasteiger partial charge in [0.1, 0.15) is 16.4 Å². The average molecular weight is 476 g/mol. The fraction of sp³-hybridized carbons (Fsp3) is 0.409. The molecule has 176 valence electrons. The molecule has 1 fully saturated rings. The minimum absolute atomic E-state index is 0.155. The Hall–Kier alpha value is -3.02. The van der Waals surface area contributed by atoms with Crippen molar-refractivity contribution in [1.29, 1.82) is 0 Å². The Morgan fingerprint density at radius 1 is 1.42 bits per heavy atom. The number of alkyl carbamates (subject to hydrolysis) is 1. The first kappa shape index (κ1) is 23.1. The van der Waals surface area contributed by atoms with Gasteiger partial charge in [0, 0.05) is 35.6 Å². The molecule has 33 heavy (non-hydrogen) atoms. The number of aromatic nitrogens is 3. The smallest absolute Gasteiger partial charge is 0.407 e. The van der Waals surface area contributed by atoms with Crippen molar-refractivity contribution in [2.75, 3.05) is 18.0 Å². The van der Waals surface area contributed by atoms with Crippen LogP contribution in [-0.2, 0) is 16.0 Å². The maximum absolute atomic E-state index is 14.9. The highest BCUT2D eigenvalue weighted by molar-refractivity contribution is 7.13. The Morgan fingerprint density at radius 3 is 2.94 bits per heavy atom. The molecular weight excluding hydrogens is 449 g/mol. The van der Waals surface area contributed by atoms with E-state index in [0.717, 1.165) is 5.69 Å². The van der Waals surface area contributed by atoms with Gasteiger partial charge >= 0.3 is 6.09 Å². The molecule has 1 unspecified atom stereocenters. The summed E-state index contributed by atoms with van der Waals surface area (Å²) in [6, 6.07) is 4.71. The van der Waals surface area contributed by atoms with Crippen LogP contribution in [0.15, 0.2) is 42.3 Å². The monoisotopic (exact) mass is 475 g/mol. The van der Waals surface area contributed by atoms with Gasteiger partial charge in [-0.25, -0.2) is 19.2 Å². The standard InChI is InChI=1S/C22H26FN5O4S/c1-22(2,3)32-20(29)25-9-16-11-28(21(30)31-16)15-4-5-17(18(23)8-15)19-26-14(12-33-19)10-27-7-6-24-13-27/h4-8,12-13,16,21,30H,9-11H2,1-3H3,(H,25,29)/t16-,21?/m0/s1. The largest absolute Gasteiger partial charge is 0.444 e. The number of carbonyl (C=O) groups is 1. The Bertz CT molecular complexity index is 1100. The number of carbonyl (C=O) groups excluding carboxylic acids is 1. The Kier molecular flexibility index (Phi) is 6.63. The third-order valence-corrected chi connectivity index (χ3v) is 5.75. The molecule has 0 saturated carbocycles. The summed E-state index contributed by atoms with van der Waals surface area (Å²) >= 11 is 1.37. The molecule has 11 heteroatoms. The molecule has 0 spiro atoms. The van der Waals surface area contributed by atoms with Crippen molar-refractivity contribution in [3.63, 3.8) is 0 Å².